The molecule has 0 radical (unpaired) electrons. The molecule has 0 aliphatic carbocycles. The van der Waals surface area contributed by atoms with Gasteiger partial charge in [-0.1, -0.05) is 51.1 Å². The van der Waals surface area contributed by atoms with Gasteiger partial charge in [0.1, 0.15) is 0 Å². The maximum absolute atomic E-state index is 5.51. The molecule has 1 fully saturated rings. The summed E-state index contributed by atoms with van der Waals surface area (Å²) in [6.45, 7) is 11.0. The molecular formula is C17H27NO. The number of nitrogens with one attached hydrogen (secondary N) is 1. The van der Waals surface area contributed by atoms with E-state index in [1.807, 2.05) is 0 Å². The van der Waals surface area contributed by atoms with E-state index in [2.05, 4.69) is 63.3 Å². The zero-order valence-corrected chi connectivity index (χ0v) is 12.6. The van der Waals surface area contributed by atoms with Gasteiger partial charge in [-0.15, -0.1) is 0 Å². The van der Waals surface area contributed by atoms with Crippen LogP contribution in [0, 0.1) is 11.3 Å². The van der Waals surface area contributed by atoms with Gasteiger partial charge in [-0.3, -0.25) is 0 Å². The molecule has 1 heterocycles. The third-order valence-corrected chi connectivity index (χ3v) is 4.10. The van der Waals surface area contributed by atoms with Crippen molar-refractivity contribution in [2.75, 3.05) is 13.2 Å². The maximum atomic E-state index is 5.51. The van der Waals surface area contributed by atoms with Crippen molar-refractivity contribution < 1.29 is 4.74 Å². The Kier molecular flexibility index (Phi) is 4.64. The molecule has 106 valence electrons. The number of ether oxygens (including phenoxy) is 1. The van der Waals surface area contributed by atoms with Crippen LogP contribution in [0.5, 0.6) is 0 Å². The molecule has 0 aromatic heterocycles. The van der Waals surface area contributed by atoms with E-state index in [0.717, 1.165) is 13.2 Å². The summed E-state index contributed by atoms with van der Waals surface area (Å²) in [6.07, 6.45) is 1.18. The van der Waals surface area contributed by atoms with E-state index in [-0.39, 0.29) is 5.41 Å². The standard InChI is InChI=1S/C17H27NO/c1-13(15-10-11-19-12-15)18-16(17(2,3)4)14-8-6-5-7-9-14/h5-9,13,15-16,18H,10-12H2,1-4H3. The van der Waals surface area contributed by atoms with Crippen molar-refractivity contribution in [1.29, 1.82) is 0 Å². The lowest BCUT2D eigenvalue weighted by Gasteiger charge is -2.36. The fourth-order valence-electron chi connectivity index (χ4n) is 2.84. The highest BCUT2D eigenvalue weighted by molar-refractivity contribution is 5.21. The Morgan fingerprint density at radius 3 is 2.42 bits per heavy atom. The molecule has 1 N–H and O–H groups in total. The molecular weight excluding hydrogens is 234 g/mol. The Hall–Kier alpha value is -0.860. The largest absolute Gasteiger partial charge is 0.381 e. The first kappa shape index (κ1) is 14.5. The molecule has 1 aliphatic heterocycles. The van der Waals surface area contributed by atoms with Crippen LogP contribution in [-0.2, 0) is 4.74 Å². The van der Waals surface area contributed by atoms with Gasteiger partial charge in [0.05, 0.1) is 6.61 Å². The molecule has 19 heavy (non-hydrogen) atoms. The topological polar surface area (TPSA) is 21.3 Å². The molecule has 0 spiro atoms. The van der Waals surface area contributed by atoms with E-state index < -0.39 is 0 Å². The molecule has 1 aliphatic rings. The Balaban J connectivity index is 2.10. The minimum absolute atomic E-state index is 0.203. The Bertz CT molecular complexity index is 376. The summed E-state index contributed by atoms with van der Waals surface area (Å²) in [5.41, 5.74) is 1.58. The Morgan fingerprint density at radius 2 is 1.89 bits per heavy atom. The monoisotopic (exact) mass is 261 g/mol. The predicted molar refractivity (Wildman–Crippen MR) is 80.2 cm³/mol. The van der Waals surface area contributed by atoms with Crippen LogP contribution in [-0.4, -0.2) is 19.3 Å². The molecule has 3 atom stereocenters. The summed E-state index contributed by atoms with van der Waals surface area (Å²) >= 11 is 0. The van der Waals surface area contributed by atoms with Crippen LogP contribution < -0.4 is 5.32 Å². The van der Waals surface area contributed by atoms with E-state index in [0.29, 0.717) is 18.0 Å². The summed E-state index contributed by atoms with van der Waals surface area (Å²) in [4.78, 5) is 0. The van der Waals surface area contributed by atoms with Crippen LogP contribution in [0.4, 0.5) is 0 Å². The lowest BCUT2D eigenvalue weighted by atomic mass is 9.81. The molecule has 0 saturated carbocycles. The molecule has 2 heteroatoms. The number of benzene rings is 1. The first-order chi connectivity index (χ1) is 8.98. The average Bonchev–Trinajstić information content (AvgIpc) is 2.89. The third kappa shape index (κ3) is 3.80. The van der Waals surface area contributed by atoms with Gasteiger partial charge in [-0.2, -0.15) is 0 Å². The fraction of sp³-hybridized carbons (Fsp3) is 0.647. The van der Waals surface area contributed by atoms with Gasteiger partial charge in [-0.25, -0.2) is 0 Å². The van der Waals surface area contributed by atoms with Crippen LogP contribution in [0.25, 0.3) is 0 Å². The zero-order valence-electron chi connectivity index (χ0n) is 12.6. The van der Waals surface area contributed by atoms with E-state index in [1.165, 1.54) is 12.0 Å². The van der Waals surface area contributed by atoms with Crippen LogP contribution in [0.1, 0.15) is 45.7 Å². The molecule has 2 rings (SSSR count). The zero-order chi connectivity index (χ0) is 13.9. The molecule has 1 saturated heterocycles. The number of hydrogen-bond donors (Lipinski definition) is 1. The van der Waals surface area contributed by atoms with Crippen molar-refractivity contribution in [2.24, 2.45) is 11.3 Å². The maximum Gasteiger partial charge on any atom is 0.0509 e. The lowest BCUT2D eigenvalue weighted by molar-refractivity contribution is 0.168. The minimum atomic E-state index is 0.203. The van der Waals surface area contributed by atoms with Crippen molar-refractivity contribution in [2.45, 2.75) is 46.2 Å². The second-order valence-corrected chi connectivity index (χ2v) is 6.79. The van der Waals surface area contributed by atoms with Crippen molar-refractivity contribution in [3.63, 3.8) is 0 Å². The summed E-state index contributed by atoms with van der Waals surface area (Å²) in [5, 5.41) is 3.84. The van der Waals surface area contributed by atoms with E-state index in [4.69, 9.17) is 4.74 Å². The summed E-state index contributed by atoms with van der Waals surface area (Å²) in [5.74, 6) is 0.647. The van der Waals surface area contributed by atoms with Gasteiger partial charge >= 0.3 is 0 Å². The van der Waals surface area contributed by atoms with E-state index in [9.17, 15) is 0 Å². The van der Waals surface area contributed by atoms with Crippen molar-refractivity contribution in [3.05, 3.63) is 35.9 Å². The van der Waals surface area contributed by atoms with Gasteiger partial charge < -0.3 is 10.1 Å². The number of hydrogen-bond acceptors (Lipinski definition) is 2. The normalized spacial score (nSPS) is 23.3. The Labute approximate surface area is 117 Å². The summed E-state index contributed by atoms with van der Waals surface area (Å²) in [7, 11) is 0. The van der Waals surface area contributed by atoms with Crippen LogP contribution in [0.3, 0.4) is 0 Å². The average molecular weight is 261 g/mol. The van der Waals surface area contributed by atoms with Crippen LogP contribution in [0.15, 0.2) is 30.3 Å². The van der Waals surface area contributed by atoms with E-state index in [1.54, 1.807) is 0 Å². The summed E-state index contributed by atoms with van der Waals surface area (Å²) < 4.78 is 5.51. The van der Waals surface area contributed by atoms with Gasteiger partial charge in [0.2, 0.25) is 0 Å². The molecule has 1 aromatic carbocycles. The van der Waals surface area contributed by atoms with Crippen LogP contribution >= 0.6 is 0 Å². The highest BCUT2D eigenvalue weighted by atomic mass is 16.5. The lowest BCUT2D eigenvalue weighted by Crippen LogP contribution is -2.41. The fourth-order valence-corrected chi connectivity index (χ4v) is 2.84. The SMILES string of the molecule is CC(NC(c1ccccc1)C(C)(C)C)C1CCOC1. The van der Waals surface area contributed by atoms with Crippen molar-refractivity contribution in [3.8, 4) is 0 Å². The third-order valence-electron chi connectivity index (χ3n) is 4.10. The second kappa shape index (κ2) is 6.06. The predicted octanol–water partition coefficient (Wildman–Crippen LogP) is 3.79. The molecule has 0 bridgehead atoms. The quantitative estimate of drug-likeness (QED) is 0.890. The van der Waals surface area contributed by atoms with Gasteiger partial charge in [0.25, 0.3) is 0 Å². The highest BCUT2D eigenvalue weighted by Crippen LogP contribution is 2.34. The molecule has 0 amide bonds. The first-order valence-corrected chi connectivity index (χ1v) is 7.37. The molecule has 3 unspecified atom stereocenters. The molecule has 2 nitrogen and oxygen atoms in total. The first-order valence-electron chi connectivity index (χ1n) is 7.37. The molecule has 1 aromatic rings. The Morgan fingerprint density at radius 1 is 1.21 bits per heavy atom. The van der Waals surface area contributed by atoms with Gasteiger partial charge in [-0.05, 0) is 30.2 Å². The minimum Gasteiger partial charge on any atom is -0.381 e. The summed E-state index contributed by atoms with van der Waals surface area (Å²) in [6, 6.07) is 11.6. The van der Waals surface area contributed by atoms with E-state index >= 15 is 0 Å². The highest BCUT2D eigenvalue weighted by Gasteiger charge is 2.30. The van der Waals surface area contributed by atoms with Crippen molar-refractivity contribution in [1.82, 2.24) is 5.32 Å². The van der Waals surface area contributed by atoms with Crippen LogP contribution in [0.2, 0.25) is 0 Å². The smallest absolute Gasteiger partial charge is 0.0509 e. The van der Waals surface area contributed by atoms with Gasteiger partial charge in [0, 0.05) is 18.7 Å². The van der Waals surface area contributed by atoms with Crippen molar-refractivity contribution >= 4 is 0 Å². The number of rotatable bonds is 4. The second-order valence-electron chi connectivity index (χ2n) is 6.79. The van der Waals surface area contributed by atoms with Gasteiger partial charge in [0.15, 0.2) is 0 Å².